The van der Waals surface area contributed by atoms with E-state index in [-0.39, 0.29) is 19.4 Å². The third kappa shape index (κ3) is 12.9. The molecule has 0 aliphatic rings. The van der Waals surface area contributed by atoms with Crippen LogP contribution in [-0.2, 0) is 36.8 Å². The van der Waals surface area contributed by atoms with Crippen molar-refractivity contribution in [2.45, 2.75) is 79.3 Å². The number of hydrazine groups is 1. The van der Waals surface area contributed by atoms with Crippen LogP contribution >= 0.6 is 0 Å². The van der Waals surface area contributed by atoms with E-state index in [4.69, 9.17) is 17.1 Å². The average Bonchev–Trinajstić information content (AvgIpc) is 3.15. The second kappa shape index (κ2) is 18.6. The van der Waals surface area contributed by atoms with Crippen molar-refractivity contribution in [3.8, 4) is 11.3 Å². The molecule has 0 fully saturated rings. The van der Waals surface area contributed by atoms with Gasteiger partial charge in [-0.2, -0.15) is 0 Å². The summed E-state index contributed by atoms with van der Waals surface area (Å²) in [7, 11) is 2.07. The Morgan fingerprint density at radius 1 is 0.863 bits per heavy atom. The van der Waals surface area contributed by atoms with E-state index in [9.17, 15) is 24.3 Å². The minimum Gasteiger partial charge on any atom is -0.469 e. The second-order valence-electron chi connectivity index (χ2n) is 13.5. The highest BCUT2D eigenvalue weighted by Crippen LogP contribution is 2.30. The Kier molecular flexibility index (Phi) is 10.6. The van der Waals surface area contributed by atoms with Gasteiger partial charge < -0.3 is 19.9 Å². The molecular weight excluding hydrogens is 648 g/mol. The number of benzene rings is 2. The first-order valence-electron chi connectivity index (χ1n) is 21.0. The quantitative estimate of drug-likeness (QED) is 0.125. The lowest BCUT2D eigenvalue weighted by Crippen LogP contribution is -2.52. The molecule has 3 N–H and O–H groups in total. The summed E-state index contributed by atoms with van der Waals surface area (Å²) in [6.45, 7) is -7.03. The molecule has 0 aliphatic heterocycles. The van der Waals surface area contributed by atoms with E-state index in [1.54, 1.807) is 93.7 Å². The molecule has 1 heterocycles. The Hall–Kier alpha value is -4.61. The topological polar surface area (TPSA) is 147 Å². The van der Waals surface area contributed by atoms with E-state index in [0.717, 1.165) is 30.4 Å². The van der Waals surface area contributed by atoms with Gasteiger partial charge in [-0.15, -0.1) is 0 Å². The maximum absolute atomic E-state index is 14.5. The number of rotatable bonds is 16. The minimum atomic E-state index is -3.85. The fourth-order valence-electron chi connectivity index (χ4n) is 5.58. The molecule has 51 heavy (non-hydrogen) atoms. The number of hydrogen-bond acceptors (Lipinski definition) is 9. The van der Waals surface area contributed by atoms with Crippen molar-refractivity contribution in [1.29, 1.82) is 0 Å². The standard InChI is InChI=1S/C40H54N4O7/c1-39(2,3)31(24-35(47)50-7)37(48)43-44(25-28-17-19-29(20-18-28)32-16-12-13-21-41-32)26-34(46)30(22-27-14-10-9-11-15-27)23-33(45)36(40(4,5)6)42-38(49)51-8/h9-21,30-31,34,36,46H,22-26H2,1-8H3,(H,42,49)(H,43,48)/t30-,31-,34+,36-/m1/s1/i1D3,2D3,3D3. The number of nitrogens with one attached hydrogen (secondary N) is 2. The van der Waals surface area contributed by atoms with Crippen LogP contribution in [-0.4, -0.2) is 71.8 Å². The molecule has 3 aromatic rings. The lowest BCUT2D eigenvalue weighted by atomic mass is 9.78. The van der Waals surface area contributed by atoms with E-state index in [1.165, 1.54) is 0 Å². The van der Waals surface area contributed by atoms with Crippen LogP contribution in [0.5, 0.6) is 0 Å². The van der Waals surface area contributed by atoms with Crippen LogP contribution < -0.4 is 10.7 Å². The Balaban J connectivity index is 2.16. The van der Waals surface area contributed by atoms with Gasteiger partial charge in [0, 0.05) is 43.6 Å². The summed E-state index contributed by atoms with van der Waals surface area (Å²) in [6, 6.07) is 20.1. The summed E-state index contributed by atoms with van der Waals surface area (Å²) >= 11 is 0. The molecule has 4 atom stereocenters. The fourth-order valence-corrected chi connectivity index (χ4v) is 5.58. The first kappa shape index (κ1) is 29.0. The zero-order chi connectivity index (χ0) is 45.3. The molecule has 0 saturated heterocycles. The van der Waals surface area contributed by atoms with E-state index < -0.39 is 92.1 Å². The highest BCUT2D eigenvalue weighted by atomic mass is 16.5. The Labute approximate surface area is 314 Å². The van der Waals surface area contributed by atoms with E-state index in [1.807, 2.05) is 6.07 Å². The zero-order valence-electron chi connectivity index (χ0n) is 38.6. The zero-order valence-corrected chi connectivity index (χ0v) is 29.6. The van der Waals surface area contributed by atoms with Crippen LogP contribution in [0.4, 0.5) is 4.79 Å². The van der Waals surface area contributed by atoms with Crippen LogP contribution in [0, 0.1) is 22.7 Å². The van der Waals surface area contributed by atoms with Gasteiger partial charge in [0.2, 0.25) is 5.91 Å². The van der Waals surface area contributed by atoms with Crippen LogP contribution in [0.25, 0.3) is 11.3 Å². The molecule has 1 aromatic heterocycles. The smallest absolute Gasteiger partial charge is 0.407 e. The number of alkyl carbamates (subject to hydrolysis) is 1. The number of ether oxygens (including phenoxy) is 2. The highest BCUT2D eigenvalue weighted by Gasteiger charge is 2.37. The van der Waals surface area contributed by atoms with Crippen LogP contribution in [0.1, 0.15) is 77.6 Å². The van der Waals surface area contributed by atoms with Crippen LogP contribution in [0.15, 0.2) is 79.0 Å². The van der Waals surface area contributed by atoms with Gasteiger partial charge in [0.05, 0.1) is 44.4 Å². The second-order valence-corrected chi connectivity index (χ2v) is 13.5. The molecule has 3 rings (SSSR count). The van der Waals surface area contributed by atoms with Gasteiger partial charge in [-0.1, -0.05) is 102 Å². The third-order valence-electron chi connectivity index (χ3n) is 8.39. The molecular formula is C40H54N4O7. The van der Waals surface area contributed by atoms with Gasteiger partial charge in [-0.3, -0.25) is 24.8 Å². The molecule has 0 unspecified atom stereocenters. The number of nitrogens with zero attached hydrogens (tertiary/aromatic N) is 2. The summed E-state index contributed by atoms with van der Waals surface area (Å²) in [5.74, 6) is -6.56. The number of aliphatic hydroxyl groups excluding tert-OH is 1. The van der Waals surface area contributed by atoms with Crippen molar-refractivity contribution in [3.63, 3.8) is 0 Å². The molecule has 2 amide bonds. The predicted octanol–water partition coefficient (Wildman–Crippen LogP) is 5.76. The lowest BCUT2D eigenvalue weighted by Gasteiger charge is -2.35. The molecule has 276 valence electrons. The highest BCUT2D eigenvalue weighted by molar-refractivity contribution is 5.88. The number of amides is 2. The maximum atomic E-state index is 14.5. The minimum absolute atomic E-state index is 0.134. The maximum Gasteiger partial charge on any atom is 0.407 e. The van der Waals surface area contributed by atoms with Gasteiger partial charge in [-0.25, -0.2) is 9.80 Å². The van der Waals surface area contributed by atoms with Crippen molar-refractivity contribution in [1.82, 2.24) is 20.7 Å². The van der Waals surface area contributed by atoms with Gasteiger partial charge in [0.1, 0.15) is 0 Å². The molecule has 0 bridgehead atoms. The van der Waals surface area contributed by atoms with Crippen LogP contribution in [0.3, 0.4) is 0 Å². The summed E-state index contributed by atoms with van der Waals surface area (Å²) in [5, 5.41) is 15.8. The summed E-state index contributed by atoms with van der Waals surface area (Å²) < 4.78 is 83.7. The number of aromatic nitrogens is 1. The summed E-state index contributed by atoms with van der Waals surface area (Å²) in [6.07, 6.45) is -2.06. The van der Waals surface area contributed by atoms with Gasteiger partial charge >= 0.3 is 12.1 Å². The molecule has 0 radical (unpaired) electrons. The average molecular weight is 712 g/mol. The summed E-state index contributed by atoms with van der Waals surface area (Å²) in [4.78, 5) is 57.8. The van der Waals surface area contributed by atoms with Crippen molar-refractivity contribution in [2.75, 3.05) is 20.8 Å². The first-order chi connectivity index (χ1) is 27.8. The lowest BCUT2D eigenvalue weighted by molar-refractivity contribution is -0.148. The monoisotopic (exact) mass is 711 g/mol. The number of ketones is 1. The molecule has 0 aliphatic carbocycles. The Bertz CT molecular complexity index is 1850. The Morgan fingerprint density at radius 2 is 1.53 bits per heavy atom. The first-order valence-corrected chi connectivity index (χ1v) is 16.5. The van der Waals surface area contributed by atoms with E-state index >= 15 is 0 Å². The third-order valence-corrected chi connectivity index (χ3v) is 8.39. The normalized spacial score (nSPS) is 17.5. The van der Waals surface area contributed by atoms with E-state index in [2.05, 4.69) is 20.5 Å². The van der Waals surface area contributed by atoms with Crippen LogP contribution in [0.2, 0.25) is 0 Å². The number of Topliss-reactive ketones (excluding diaryl/α,β-unsaturated/α-hetero) is 1. The van der Waals surface area contributed by atoms with Gasteiger partial charge in [-0.05, 0) is 46.4 Å². The molecule has 11 heteroatoms. The van der Waals surface area contributed by atoms with Gasteiger partial charge in [0.25, 0.3) is 0 Å². The van der Waals surface area contributed by atoms with E-state index in [0.29, 0.717) is 11.3 Å². The molecule has 11 nitrogen and oxygen atoms in total. The SMILES string of the molecule is [2H]C([2H])([2H])C([C@H](CC(=O)OC)C(=O)NN(Cc1ccc(-c2ccccn2)cc1)C[C@H](O)[C@@H](CC(=O)[C@@H](NC(=O)OC)C(C)(C)C)Cc1ccccc1)(C([2H])([2H])[2H])C([2H])([2H])[2H]. The largest absolute Gasteiger partial charge is 0.469 e. The number of pyridine rings is 1. The number of carbonyl (C=O) groups excluding carboxylic acids is 4. The number of carbonyl (C=O) groups is 4. The van der Waals surface area contributed by atoms with Crippen molar-refractivity contribution < 1.29 is 46.1 Å². The number of esters is 1. The number of hydrogen-bond donors (Lipinski definition) is 3. The van der Waals surface area contributed by atoms with Gasteiger partial charge in [0.15, 0.2) is 5.78 Å². The number of aliphatic hydroxyl groups is 1. The molecule has 2 aromatic carbocycles. The van der Waals surface area contributed by atoms with Crippen molar-refractivity contribution >= 4 is 23.8 Å². The number of methoxy groups -OCH3 is 2. The molecule has 0 spiro atoms. The fraction of sp³-hybridized carbons (Fsp3) is 0.475. The van der Waals surface area contributed by atoms with Crippen molar-refractivity contribution in [3.05, 3.63) is 90.1 Å². The molecule has 0 saturated carbocycles. The Morgan fingerprint density at radius 3 is 2.10 bits per heavy atom. The summed E-state index contributed by atoms with van der Waals surface area (Å²) in [5.41, 5.74) is 0.552. The predicted molar refractivity (Wildman–Crippen MR) is 196 cm³/mol. The van der Waals surface area contributed by atoms with Crippen molar-refractivity contribution in [2.24, 2.45) is 22.7 Å².